The number of carbonyl (C=O) groups is 1. The van der Waals surface area contributed by atoms with E-state index in [0.29, 0.717) is 16.5 Å². The van der Waals surface area contributed by atoms with E-state index >= 15 is 0 Å². The van der Waals surface area contributed by atoms with Gasteiger partial charge in [0.25, 0.3) is 5.91 Å². The van der Waals surface area contributed by atoms with Gasteiger partial charge in [-0.2, -0.15) is 11.8 Å². The van der Waals surface area contributed by atoms with Crippen molar-refractivity contribution in [2.24, 2.45) is 0 Å². The standard InChI is InChI=1S/C25H26ClFN4OS/c1-17-2-3-18(26)14-23(17)29-6-8-30(9-7-29)24-20-15-19(27)4-5-22(20)28-16-21(24)25(32)31-10-12-33-13-11-31/h2-5,14-16H,6-13H2,1H3. The lowest BCUT2D eigenvalue weighted by atomic mass is 10.1. The van der Waals surface area contributed by atoms with Crippen molar-refractivity contribution in [1.29, 1.82) is 0 Å². The molecule has 2 fully saturated rings. The molecule has 2 aliphatic rings. The number of amides is 1. The van der Waals surface area contributed by atoms with E-state index in [1.165, 1.54) is 17.7 Å². The predicted octanol–water partition coefficient (Wildman–Crippen LogP) is 4.85. The second-order valence-corrected chi connectivity index (χ2v) is 10.2. The van der Waals surface area contributed by atoms with Crippen molar-refractivity contribution in [1.82, 2.24) is 9.88 Å². The van der Waals surface area contributed by atoms with Gasteiger partial charge >= 0.3 is 0 Å². The highest BCUT2D eigenvalue weighted by Gasteiger charge is 2.28. The third-order valence-electron chi connectivity index (χ3n) is 6.44. The number of pyridine rings is 1. The first-order valence-corrected chi connectivity index (χ1v) is 12.8. The Balaban J connectivity index is 1.49. The summed E-state index contributed by atoms with van der Waals surface area (Å²) in [6.07, 6.45) is 1.67. The Morgan fingerprint density at radius 3 is 2.48 bits per heavy atom. The molecule has 1 amide bonds. The highest BCUT2D eigenvalue weighted by molar-refractivity contribution is 7.99. The largest absolute Gasteiger partial charge is 0.368 e. The summed E-state index contributed by atoms with van der Waals surface area (Å²) in [7, 11) is 0. The molecule has 0 bridgehead atoms. The Morgan fingerprint density at radius 2 is 1.73 bits per heavy atom. The van der Waals surface area contributed by atoms with Gasteiger partial charge in [-0.3, -0.25) is 9.78 Å². The molecule has 1 aromatic heterocycles. The molecule has 0 spiro atoms. The lowest BCUT2D eigenvalue weighted by Gasteiger charge is -2.39. The summed E-state index contributed by atoms with van der Waals surface area (Å²) in [6.45, 7) is 6.56. The SMILES string of the molecule is Cc1ccc(Cl)cc1N1CCN(c2c(C(=O)N3CCSCC3)cnc3ccc(F)cc23)CC1. The van der Waals surface area contributed by atoms with E-state index in [4.69, 9.17) is 11.6 Å². The summed E-state index contributed by atoms with van der Waals surface area (Å²) >= 11 is 8.11. The van der Waals surface area contributed by atoms with Gasteiger partial charge in [0.2, 0.25) is 0 Å². The van der Waals surface area contributed by atoms with Gasteiger partial charge in [0.15, 0.2) is 0 Å². The molecule has 2 saturated heterocycles. The Kier molecular flexibility index (Phi) is 6.34. The Bertz CT molecular complexity index is 1190. The van der Waals surface area contributed by atoms with Crippen molar-refractivity contribution >= 4 is 51.5 Å². The van der Waals surface area contributed by atoms with Gasteiger partial charge in [-0.25, -0.2) is 4.39 Å². The summed E-state index contributed by atoms with van der Waals surface area (Å²) < 4.78 is 14.3. The van der Waals surface area contributed by atoms with Gasteiger partial charge in [0.05, 0.1) is 16.8 Å². The van der Waals surface area contributed by atoms with E-state index in [1.54, 1.807) is 12.3 Å². The van der Waals surface area contributed by atoms with E-state index in [9.17, 15) is 9.18 Å². The molecule has 0 N–H and O–H groups in total. The monoisotopic (exact) mass is 484 g/mol. The number of thioether (sulfide) groups is 1. The van der Waals surface area contributed by atoms with Gasteiger partial charge < -0.3 is 14.7 Å². The van der Waals surface area contributed by atoms with Crippen LogP contribution < -0.4 is 9.80 Å². The molecule has 3 aromatic rings. The molecule has 2 aromatic carbocycles. The molecular formula is C25H26ClFN4OS. The first-order chi connectivity index (χ1) is 16.0. The van der Waals surface area contributed by atoms with E-state index in [0.717, 1.165) is 67.2 Å². The predicted molar refractivity (Wildman–Crippen MR) is 136 cm³/mol. The Hall–Kier alpha value is -2.51. The minimum absolute atomic E-state index is 0.0166. The normalized spacial score (nSPS) is 17.0. The zero-order valence-electron chi connectivity index (χ0n) is 18.6. The van der Waals surface area contributed by atoms with Gasteiger partial charge in [-0.1, -0.05) is 17.7 Å². The molecule has 5 nitrogen and oxygen atoms in total. The topological polar surface area (TPSA) is 39.7 Å². The third kappa shape index (κ3) is 4.49. The zero-order chi connectivity index (χ0) is 22.9. The van der Waals surface area contributed by atoms with Crippen LogP contribution in [0.15, 0.2) is 42.6 Å². The molecule has 0 unspecified atom stereocenters. The van der Waals surface area contributed by atoms with Crippen molar-refractivity contribution in [2.45, 2.75) is 6.92 Å². The summed E-state index contributed by atoms with van der Waals surface area (Å²) in [5, 5.41) is 1.42. The maximum atomic E-state index is 14.3. The van der Waals surface area contributed by atoms with Crippen LogP contribution in [0.5, 0.6) is 0 Å². The van der Waals surface area contributed by atoms with Gasteiger partial charge in [-0.05, 0) is 42.8 Å². The number of aromatic nitrogens is 1. The molecule has 5 rings (SSSR count). The molecular weight excluding hydrogens is 459 g/mol. The molecule has 0 aliphatic carbocycles. The molecule has 33 heavy (non-hydrogen) atoms. The number of rotatable bonds is 3. The average molecular weight is 485 g/mol. The van der Waals surface area contributed by atoms with Crippen molar-refractivity contribution in [2.75, 3.05) is 60.6 Å². The smallest absolute Gasteiger partial charge is 0.257 e. The third-order valence-corrected chi connectivity index (χ3v) is 7.62. The fraction of sp³-hybridized carbons (Fsp3) is 0.360. The second kappa shape index (κ2) is 9.39. The number of hydrogen-bond donors (Lipinski definition) is 0. The molecule has 0 saturated carbocycles. The molecule has 8 heteroatoms. The van der Waals surface area contributed by atoms with Crippen LogP contribution in [0.25, 0.3) is 10.9 Å². The summed E-state index contributed by atoms with van der Waals surface area (Å²) in [6, 6.07) is 10.6. The number of piperazine rings is 1. The number of anilines is 2. The fourth-order valence-corrected chi connectivity index (χ4v) is 5.75. The molecule has 172 valence electrons. The lowest BCUT2D eigenvalue weighted by Crippen LogP contribution is -2.47. The second-order valence-electron chi connectivity index (χ2n) is 8.49. The van der Waals surface area contributed by atoms with Crippen LogP contribution in [-0.2, 0) is 0 Å². The van der Waals surface area contributed by atoms with Crippen molar-refractivity contribution in [3.63, 3.8) is 0 Å². The van der Waals surface area contributed by atoms with E-state index in [2.05, 4.69) is 21.7 Å². The number of fused-ring (bicyclic) bond motifs is 1. The van der Waals surface area contributed by atoms with Crippen LogP contribution >= 0.6 is 23.4 Å². The zero-order valence-corrected chi connectivity index (χ0v) is 20.1. The first kappa shape index (κ1) is 22.3. The quantitative estimate of drug-likeness (QED) is 0.531. The minimum Gasteiger partial charge on any atom is -0.368 e. The van der Waals surface area contributed by atoms with Gasteiger partial charge in [0.1, 0.15) is 5.82 Å². The number of carbonyl (C=O) groups excluding carboxylic acids is 1. The summed E-state index contributed by atoms with van der Waals surface area (Å²) in [5.41, 5.74) is 4.38. The minimum atomic E-state index is -0.322. The van der Waals surface area contributed by atoms with Crippen LogP contribution in [-0.4, -0.2) is 66.6 Å². The Morgan fingerprint density at radius 1 is 1.00 bits per heavy atom. The summed E-state index contributed by atoms with van der Waals surface area (Å²) in [4.78, 5) is 24.4. The van der Waals surface area contributed by atoms with Crippen LogP contribution in [0.2, 0.25) is 5.02 Å². The number of aryl methyl sites for hydroxylation is 1. The number of hydrogen-bond acceptors (Lipinski definition) is 5. The maximum Gasteiger partial charge on any atom is 0.257 e. The average Bonchev–Trinajstić information content (AvgIpc) is 2.85. The first-order valence-electron chi connectivity index (χ1n) is 11.2. The van der Waals surface area contributed by atoms with Gasteiger partial charge in [-0.15, -0.1) is 0 Å². The number of benzene rings is 2. The highest BCUT2D eigenvalue weighted by Crippen LogP contribution is 2.33. The molecule has 3 heterocycles. The molecule has 0 atom stereocenters. The van der Waals surface area contributed by atoms with Crippen LogP contribution in [0.3, 0.4) is 0 Å². The van der Waals surface area contributed by atoms with E-state index < -0.39 is 0 Å². The molecule has 2 aliphatic heterocycles. The number of nitrogens with zero attached hydrogens (tertiary/aromatic N) is 4. The van der Waals surface area contributed by atoms with Crippen LogP contribution in [0.1, 0.15) is 15.9 Å². The summed E-state index contributed by atoms with van der Waals surface area (Å²) in [5.74, 6) is 1.54. The molecule has 0 radical (unpaired) electrons. The van der Waals surface area contributed by atoms with E-state index in [1.807, 2.05) is 34.9 Å². The Labute approximate surface area is 202 Å². The number of halogens is 2. The van der Waals surface area contributed by atoms with E-state index in [-0.39, 0.29) is 11.7 Å². The maximum absolute atomic E-state index is 14.3. The fourth-order valence-electron chi connectivity index (χ4n) is 4.68. The van der Waals surface area contributed by atoms with Gasteiger partial charge in [0, 0.05) is 73.1 Å². The van der Waals surface area contributed by atoms with Crippen molar-refractivity contribution < 1.29 is 9.18 Å². The van der Waals surface area contributed by atoms with Crippen LogP contribution in [0, 0.1) is 12.7 Å². The highest BCUT2D eigenvalue weighted by atomic mass is 35.5. The lowest BCUT2D eigenvalue weighted by molar-refractivity contribution is 0.0772. The van der Waals surface area contributed by atoms with Crippen LogP contribution in [0.4, 0.5) is 15.8 Å². The van der Waals surface area contributed by atoms with Crippen molar-refractivity contribution in [3.8, 4) is 0 Å². The van der Waals surface area contributed by atoms with Crippen molar-refractivity contribution in [3.05, 3.63) is 64.6 Å².